The summed E-state index contributed by atoms with van der Waals surface area (Å²) in [6.07, 6.45) is 3.48. The Labute approximate surface area is 140 Å². The number of fused-ring (bicyclic) bond motifs is 1. The van der Waals surface area contributed by atoms with Gasteiger partial charge in [-0.05, 0) is 37.2 Å². The van der Waals surface area contributed by atoms with Crippen molar-refractivity contribution in [2.75, 3.05) is 13.1 Å². The van der Waals surface area contributed by atoms with Gasteiger partial charge in [0.2, 0.25) is 0 Å². The number of carbonyl (C=O) groups excluding carboxylic acids is 1. The summed E-state index contributed by atoms with van der Waals surface area (Å²) in [7, 11) is 0. The number of aromatic nitrogens is 2. The van der Waals surface area contributed by atoms with Crippen molar-refractivity contribution in [3.63, 3.8) is 0 Å². The lowest BCUT2D eigenvalue weighted by Gasteiger charge is -2.23. The molecule has 0 bridgehead atoms. The van der Waals surface area contributed by atoms with Gasteiger partial charge in [-0.1, -0.05) is 20.3 Å². The smallest absolute Gasteiger partial charge is 0.311 e. The van der Waals surface area contributed by atoms with Crippen molar-refractivity contribution in [2.45, 2.75) is 46.0 Å². The molecule has 1 amide bonds. The summed E-state index contributed by atoms with van der Waals surface area (Å²) in [5, 5.41) is 16.1. The van der Waals surface area contributed by atoms with Gasteiger partial charge >= 0.3 is 5.97 Å². The van der Waals surface area contributed by atoms with E-state index in [0.29, 0.717) is 37.1 Å². The quantitative estimate of drug-likeness (QED) is 0.862. The second-order valence-corrected chi connectivity index (χ2v) is 6.80. The molecule has 0 aromatic carbocycles. The van der Waals surface area contributed by atoms with E-state index in [9.17, 15) is 19.5 Å². The van der Waals surface area contributed by atoms with Crippen LogP contribution in [0.15, 0.2) is 4.79 Å². The van der Waals surface area contributed by atoms with Gasteiger partial charge in [0.05, 0.1) is 11.1 Å². The minimum absolute atomic E-state index is 0.0180. The predicted molar refractivity (Wildman–Crippen MR) is 86.9 cm³/mol. The third kappa shape index (κ3) is 2.34. The number of aromatic amines is 1. The minimum Gasteiger partial charge on any atom is -0.481 e. The second kappa shape index (κ2) is 6.03. The molecule has 0 radical (unpaired) electrons. The Kier molecular flexibility index (Phi) is 4.19. The van der Waals surface area contributed by atoms with Gasteiger partial charge in [-0.2, -0.15) is 5.10 Å². The topological polar surface area (TPSA) is 103 Å². The van der Waals surface area contributed by atoms with E-state index in [0.717, 1.165) is 12.8 Å². The van der Waals surface area contributed by atoms with Crippen molar-refractivity contribution >= 4 is 11.9 Å². The summed E-state index contributed by atoms with van der Waals surface area (Å²) in [6.45, 7) is 4.42. The Morgan fingerprint density at radius 2 is 2.12 bits per heavy atom. The van der Waals surface area contributed by atoms with Crippen LogP contribution >= 0.6 is 0 Å². The van der Waals surface area contributed by atoms with E-state index in [1.54, 1.807) is 4.90 Å². The van der Waals surface area contributed by atoms with Crippen LogP contribution in [0.1, 0.15) is 54.7 Å². The van der Waals surface area contributed by atoms with Crippen LogP contribution in [0.5, 0.6) is 0 Å². The highest BCUT2D eigenvalue weighted by molar-refractivity contribution is 5.96. The number of hydrogen-bond acceptors (Lipinski definition) is 4. The number of nitrogens with one attached hydrogen (secondary N) is 1. The zero-order chi connectivity index (χ0) is 17.5. The lowest BCUT2D eigenvalue weighted by Crippen LogP contribution is -2.39. The van der Waals surface area contributed by atoms with Crippen LogP contribution in [0.3, 0.4) is 0 Å². The molecule has 2 fully saturated rings. The van der Waals surface area contributed by atoms with Crippen LogP contribution in [-0.4, -0.2) is 45.2 Å². The van der Waals surface area contributed by atoms with Gasteiger partial charge < -0.3 is 10.0 Å². The molecule has 1 aromatic rings. The van der Waals surface area contributed by atoms with Crippen LogP contribution in [-0.2, 0) is 17.6 Å². The number of likely N-dealkylation sites (tertiary alicyclic amines) is 1. The molecule has 2 heterocycles. The number of amides is 1. The normalized spacial score (nSPS) is 25.8. The number of aliphatic carboxylic acids is 1. The fourth-order valence-corrected chi connectivity index (χ4v) is 4.37. The van der Waals surface area contributed by atoms with Crippen molar-refractivity contribution in [1.29, 1.82) is 0 Å². The molecule has 7 heteroatoms. The Morgan fingerprint density at radius 3 is 2.71 bits per heavy atom. The van der Waals surface area contributed by atoms with Crippen molar-refractivity contribution in [3.05, 3.63) is 27.2 Å². The highest BCUT2D eigenvalue weighted by Gasteiger charge is 2.56. The summed E-state index contributed by atoms with van der Waals surface area (Å²) in [4.78, 5) is 38.6. The van der Waals surface area contributed by atoms with Gasteiger partial charge in [-0.15, -0.1) is 0 Å². The third-order valence-corrected chi connectivity index (χ3v) is 5.66. The van der Waals surface area contributed by atoms with E-state index in [2.05, 4.69) is 10.2 Å². The summed E-state index contributed by atoms with van der Waals surface area (Å²) in [6, 6.07) is 0. The third-order valence-electron chi connectivity index (χ3n) is 5.66. The summed E-state index contributed by atoms with van der Waals surface area (Å²) < 4.78 is 0. The first-order valence-electron chi connectivity index (χ1n) is 8.57. The van der Waals surface area contributed by atoms with Crippen molar-refractivity contribution < 1.29 is 14.7 Å². The predicted octanol–water partition coefficient (Wildman–Crippen LogP) is 1.22. The SMILES string of the molecule is CCc1n[nH]c(=O)c(C(=O)N2C[C@@H]3CCC[C@@]3(C(=O)O)C2)c1CC. The second-order valence-electron chi connectivity index (χ2n) is 6.80. The zero-order valence-corrected chi connectivity index (χ0v) is 14.1. The molecule has 0 unspecified atom stereocenters. The first-order chi connectivity index (χ1) is 11.4. The average Bonchev–Trinajstić information content (AvgIpc) is 3.12. The highest BCUT2D eigenvalue weighted by Crippen LogP contribution is 2.49. The van der Waals surface area contributed by atoms with Crippen molar-refractivity contribution in [3.8, 4) is 0 Å². The molecule has 0 spiro atoms. The highest BCUT2D eigenvalue weighted by atomic mass is 16.4. The van der Waals surface area contributed by atoms with E-state index >= 15 is 0 Å². The molecule has 1 aromatic heterocycles. The van der Waals surface area contributed by atoms with Gasteiger partial charge in [0.15, 0.2) is 0 Å². The number of carbonyl (C=O) groups is 2. The number of aryl methyl sites for hydroxylation is 1. The van der Waals surface area contributed by atoms with Gasteiger partial charge in [-0.25, -0.2) is 5.10 Å². The number of carboxylic acids is 1. The molecule has 1 saturated carbocycles. The maximum Gasteiger partial charge on any atom is 0.311 e. The zero-order valence-electron chi connectivity index (χ0n) is 14.1. The lowest BCUT2D eigenvalue weighted by atomic mass is 9.81. The van der Waals surface area contributed by atoms with Gasteiger partial charge in [-0.3, -0.25) is 14.4 Å². The molecule has 130 valence electrons. The molecular formula is C17H23N3O4. The fraction of sp³-hybridized carbons (Fsp3) is 0.647. The van der Waals surface area contributed by atoms with Gasteiger partial charge in [0, 0.05) is 13.1 Å². The Balaban J connectivity index is 1.97. The maximum atomic E-state index is 13.0. The molecule has 2 aliphatic rings. The van der Waals surface area contributed by atoms with E-state index in [1.807, 2.05) is 13.8 Å². The standard InChI is InChI=1S/C17H23N3O4/c1-3-11-12(4-2)18-19-14(21)13(11)15(22)20-8-10-6-5-7-17(10,9-20)16(23)24/h10H,3-9H2,1-2H3,(H,19,21)(H,23,24)/t10-,17+/m0/s1. The monoisotopic (exact) mass is 333 g/mol. The molecule has 1 saturated heterocycles. The lowest BCUT2D eigenvalue weighted by molar-refractivity contribution is -0.149. The molecule has 1 aliphatic carbocycles. The number of H-pyrrole nitrogens is 1. The largest absolute Gasteiger partial charge is 0.481 e. The first-order valence-corrected chi connectivity index (χ1v) is 8.57. The van der Waals surface area contributed by atoms with E-state index in [4.69, 9.17) is 0 Å². The summed E-state index contributed by atoms with van der Waals surface area (Å²) in [5.74, 6) is -1.20. The van der Waals surface area contributed by atoms with E-state index in [-0.39, 0.29) is 23.9 Å². The molecule has 3 rings (SSSR count). The van der Waals surface area contributed by atoms with Crippen molar-refractivity contribution in [1.82, 2.24) is 15.1 Å². The number of hydrogen-bond donors (Lipinski definition) is 2. The maximum absolute atomic E-state index is 13.0. The van der Waals surface area contributed by atoms with Crippen LogP contribution in [0.4, 0.5) is 0 Å². The van der Waals surface area contributed by atoms with Crippen LogP contribution in [0, 0.1) is 11.3 Å². The Hall–Kier alpha value is -2.18. The molecule has 1 aliphatic heterocycles. The number of carboxylic acid groups (broad SMARTS) is 1. The molecule has 24 heavy (non-hydrogen) atoms. The molecule has 7 nitrogen and oxygen atoms in total. The van der Waals surface area contributed by atoms with E-state index in [1.165, 1.54) is 0 Å². The van der Waals surface area contributed by atoms with Crippen LogP contribution in [0.25, 0.3) is 0 Å². The van der Waals surface area contributed by atoms with Crippen molar-refractivity contribution in [2.24, 2.45) is 11.3 Å². The molecule has 2 N–H and O–H groups in total. The average molecular weight is 333 g/mol. The summed E-state index contributed by atoms with van der Waals surface area (Å²) in [5.41, 5.74) is 0.191. The van der Waals surface area contributed by atoms with Gasteiger partial charge in [0.1, 0.15) is 5.56 Å². The van der Waals surface area contributed by atoms with Gasteiger partial charge in [0.25, 0.3) is 11.5 Å². The molecule has 2 atom stereocenters. The van der Waals surface area contributed by atoms with Crippen LogP contribution < -0.4 is 5.56 Å². The van der Waals surface area contributed by atoms with Crippen LogP contribution in [0.2, 0.25) is 0 Å². The Morgan fingerprint density at radius 1 is 1.38 bits per heavy atom. The Bertz CT molecular complexity index is 742. The summed E-state index contributed by atoms with van der Waals surface area (Å²) >= 11 is 0. The first kappa shape index (κ1) is 16.7. The minimum atomic E-state index is -0.838. The number of nitrogens with zero attached hydrogens (tertiary/aromatic N) is 2. The fourth-order valence-electron chi connectivity index (χ4n) is 4.37. The number of rotatable bonds is 4. The molecular weight excluding hydrogens is 310 g/mol. The van der Waals surface area contributed by atoms with E-state index < -0.39 is 16.9 Å².